The molecule has 1 amide bonds. The Hall–Kier alpha value is -1.55. The molecule has 4 heteroatoms. The largest absolute Gasteiger partial charge is 0.494 e. The van der Waals surface area contributed by atoms with Crippen LogP contribution in [-0.2, 0) is 4.79 Å². The van der Waals surface area contributed by atoms with Gasteiger partial charge in [0.1, 0.15) is 5.75 Å². The molecule has 23 heavy (non-hydrogen) atoms. The number of hydrogen-bond acceptors (Lipinski definition) is 3. The maximum Gasteiger partial charge on any atom is 0.222 e. The van der Waals surface area contributed by atoms with Gasteiger partial charge in [0.25, 0.3) is 0 Å². The summed E-state index contributed by atoms with van der Waals surface area (Å²) in [6.45, 7) is 12.7. The number of amides is 1. The number of nitrogens with zero attached hydrogens (tertiary/aromatic N) is 1. The normalized spacial score (nSPS) is 16.3. The lowest BCUT2D eigenvalue weighted by molar-refractivity contribution is -0.131. The van der Waals surface area contributed by atoms with Crippen LogP contribution in [0.25, 0.3) is 0 Å². The fourth-order valence-electron chi connectivity index (χ4n) is 3.23. The number of ether oxygens (including phenoxy) is 1. The maximum absolute atomic E-state index is 12.3. The SMILES string of the molecule is CCOc1ccc(C(C)CCC(=O)N2CCNCC2)c(C)c1C. The molecule has 1 fully saturated rings. The molecule has 1 aromatic rings. The lowest BCUT2D eigenvalue weighted by atomic mass is 9.90. The standard InChI is InChI=1S/C19H30N2O2/c1-5-23-18-8-7-17(15(3)16(18)4)14(2)6-9-19(22)21-12-10-20-11-13-21/h7-8,14,20H,5-6,9-13H2,1-4H3. The van der Waals surface area contributed by atoms with Crippen LogP contribution in [0.4, 0.5) is 0 Å². The summed E-state index contributed by atoms with van der Waals surface area (Å²) >= 11 is 0. The Morgan fingerprint density at radius 2 is 1.96 bits per heavy atom. The van der Waals surface area contributed by atoms with Gasteiger partial charge in [0, 0.05) is 32.6 Å². The van der Waals surface area contributed by atoms with E-state index in [1.807, 2.05) is 11.8 Å². The maximum atomic E-state index is 12.3. The highest BCUT2D eigenvalue weighted by molar-refractivity contribution is 5.76. The Balaban J connectivity index is 1.96. The Labute approximate surface area is 140 Å². The number of carbonyl (C=O) groups excluding carboxylic acids is 1. The molecule has 0 bridgehead atoms. The van der Waals surface area contributed by atoms with Gasteiger partial charge in [0.15, 0.2) is 0 Å². The van der Waals surface area contributed by atoms with Crippen molar-refractivity contribution in [2.75, 3.05) is 32.8 Å². The molecule has 1 saturated heterocycles. The van der Waals surface area contributed by atoms with Gasteiger partial charge < -0.3 is 15.0 Å². The van der Waals surface area contributed by atoms with E-state index < -0.39 is 0 Å². The van der Waals surface area contributed by atoms with E-state index in [1.54, 1.807) is 0 Å². The summed E-state index contributed by atoms with van der Waals surface area (Å²) in [7, 11) is 0. The van der Waals surface area contributed by atoms with Crippen LogP contribution in [0, 0.1) is 13.8 Å². The Morgan fingerprint density at radius 3 is 2.61 bits per heavy atom. The summed E-state index contributed by atoms with van der Waals surface area (Å²) in [6, 6.07) is 4.23. The van der Waals surface area contributed by atoms with Crippen LogP contribution in [0.2, 0.25) is 0 Å². The van der Waals surface area contributed by atoms with Crippen LogP contribution in [0.1, 0.15) is 49.3 Å². The van der Waals surface area contributed by atoms with Gasteiger partial charge in [-0.2, -0.15) is 0 Å². The third-order valence-electron chi connectivity index (χ3n) is 4.87. The van der Waals surface area contributed by atoms with Gasteiger partial charge in [-0.3, -0.25) is 4.79 Å². The molecule has 0 aromatic heterocycles. The molecule has 0 radical (unpaired) electrons. The van der Waals surface area contributed by atoms with Crippen LogP contribution in [0.15, 0.2) is 12.1 Å². The molecule has 128 valence electrons. The van der Waals surface area contributed by atoms with Gasteiger partial charge >= 0.3 is 0 Å². The van der Waals surface area contributed by atoms with E-state index in [9.17, 15) is 4.79 Å². The van der Waals surface area contributed by atoms with Crippen molar-refractivity contribution in [1.29, 1.82) is 0 Å². The first-order valence-electron chi connectivity index (χ1n) is 8.76. The zero-order valence-corrected chi connectivity index (χ0v) is 14.9. The van der Waals surface area contributed by atoms with Gasteiger partial charge in [-0.05, 0) is 55.9 Å². The molecular formula is C19H30N2O2. The minimum atomic E-state index is 0.290. The number of nitrogens with one attached hydrogen (secondary N) is 1. The third-order valence-corrected chi connectivity index (χ3v) is 4.87. The quantitative estimate of drug-likeness (QED) is 0.876. The van der Waals surface area contributed by atoms with Crippen molar-refractivity contribution in [2.24, 2.45) is 0 Å². The van der Waals surface area contributed by atoms with Crippen LogP contribution in [-0.4, -0.2) is 43.6 Å². The highest BCUT2D eigenvalue weighted by Gasteiger charge is 2.18. The highest BCUT2D eigenvalue weighted by Crippen LogP contribution is 2.31. The molecular weight excluding hydrogens is 288 g/mol. The monoisotopic (exact) mass is 318 g/mol. The van der Waals surface area contributed by atoms with Crippen molar-refractivity contribution < 1.29 is 9.53 Å². The van der Waals surface area contributed by atoms with E-state index in [4.69, 9.17) is 4.74 Å². The van der Waals surface area contributed by atoms with Crippen LogP contribution in [0.3, 0.4) is 0 Å². The number of rotatable bonds is 6. The molecule has 2 rings (SSSR count). The van der Waals surface area contributed by atoms with Gasteiger partial charge in [-0.1, -0.05) is 13.0 Å². The van der Waals surface area contributed by atoms with Crippen molar-refractivity contribution >= 4 is 5.91 Å². The van der Waals surface area contributed by atoms with Crippen molar-refractivity contribution in [1.82, 2.24) is 10.2 Å². The summed E-state index contributed by atoms with van der Waals surface area (Å²) in [5.74, 6) is 1.65. The molecule has 0 aliphatic carbocycles. The number of piperazine rings is 1. The Kier molecular flexibility index (Phi) is 6.46. The van der Waals surface area contributed by atoms with E-state index in [0.717, 1.165) is 38.3 Å². The van der Waals surface area contributed by atoms with Crippen molar-refractivity contribution in [3.05, 3.63) is 28.8 Å². The van der Waals surface area contributed by atoms with E-state index in [-0.39, 0.29) is 0 Å². The molecule has 1 aliphatic rings. The van der Waals surface area contributed by atoms with Gasteiger partial charge in [-0.25, -0.2) is 0 Å². The fraction of sp³-hybridized carbons (Fsp3) is 0.632. The minimum Gasteiger partial charge on any atom is -0.494 e. The number of benzene rings is 1. The second kappa shape index (κ2) is 8.34. The second-order valence-electron chi connectivity index (χ2n) is 6.41. The molecule has 1 unspecified atom stereocenters. The Morgan fingerprint density at radius 1 is 1.26 bits per heavy atom. The van der Waals surface area contributed by atoms with Crippen LogP contribution >= 0.6 is 0 Å². The van der Waals surface area contributed by atoms with Crippen LogP contribution < -0.4 is 10.1 Å². The molecule has 4 nitrogen and oxygen atoms in total. The van der Waals surface area contributed by atoms with E-state index in [1.165, 1.54) is 16.7 Å². The smallest absolute Gasteiger partial charge is 0.222 e. The number of carbonyl (C=O) groups is 1. The summed E-state index contributed by atoms with van der Waals surface area (Å²) in [5.41, 5.74) is 3.83. The van der Waals surface area contributed by atoms with E-state index in [2.05, 4.69) is 38.2 Å². The second-order valence-corrected chi connectivity index (χ2v) is 6.41. The van der Waals surface area contributed by atoms with Crippen molar-refractivity contribution in [2.45, 2.75) is 46.5 Å². The van der Waals surface area contributed by atoms with Crippen LogP contribution in [0.5, 0.6) is 5.75 Å². The van der Waals surface area contributed by atoms with Crippen molar-refractivity contribution in [3.63, 3.8) is 0 Å². The molecule has 0 spiro atoms. The number of hydrogen-bond donors (Lipinski definition) is 1. The average Bonchev–Trinajstić information content (AvgIpc) is 2.57. The molecule has 1 heterocycles. The first-order valence-corrected chi connectivity index (χ1v) is 8.76. The zero-order chi connectivity index (χ0) is 16.8. The molecule has 1 N–H and O–H groups in total. The average molecular weight is 318 g/mol. The third kappa shape index (κ3) is 4.47. The van der Waals surface area contributed by atoms with Gasteiger partial charge in [0.05, 0.1) is 6.61 Å². The van der Waals surface area contributed by atoms with Crippen molar-refractivity contribution in [3.8, 4) is 5.75 Å². The summed E-state index contributed by atoms with van der Waals surface area (Å²) in [5, 5.41) is 3.28. The predicted molar refractivity (Wildman–Crippen MR) is 94.2 cm³/mol. The summed E-state index contributed by atoms with van der Waals surface area (Å²) < 4.78 is 5.66. The van der Waals surface area contributed by atoms with E-state index in [0.29, 0.717) is 24.9 Å². The van der Waals surface area contributed by atoms with Gasteiger partial charge in [0.2, 0.25) is 5.91 Å². The molecule has 1 aromatic carbocycles. The molecule has 1 atom stereocenters. The lowest BCUT2D eigenvalue weighted by Gasteiger charge is -2.28. The topological polar surface area (TPSA) is 41.6 Å². The first kappa shape index (κ1) is 17.8. The predicted octanol–water partition coefficient (Wildman–Crippen LogP) is 3.02. The highest BCUT2D eigenvalue weighted by atomic mass is 16.5. The Bertz CT molecular complexity index is 536. The zero-order valence-electron chi connectivity index (χ0n) is 14.9. The summed E-state index contributed by atoms with van der Waals surface area (Å²) in [6.07, 6.45) is 1.53. The van der Waals surface area contributed by atoms with E-state index >= 15 is 0 Å². The summed E-state index contributed by atoms with van der Waals surface area (Å²) in [4.78, 5) is 14.3. The minimum absolute atomic E-state index is 0.290. The fourth-order valence-corrected chi connectivity index (χ4v) is 3.23. The molecule has 1 aliphatic heterocycles. The first-order chi connectivity index (χ1) is 11.0. The lowest BCUT2D eigenvalue weighted by Crippen LogP contribution is -2.46. The molecule has 0 saturated carbocycles. The van der Waals surface area contributed by atoms with Gasteiger partial charge in [-0.15, -0.1) is 0 Å².